The van der Waals surface area contributed by atoms with Gasteiger partial charge in [-0.2, -0.15) is 0 Å². The smallest absolute Gasteiger partial charge is 0.259 e. The van der Waals surface area contributed by atoms with Crippen LogP contribution in [0.15, 0.2) is 42.5 Å². The number of carbonyl (C=O) groups excluding carboxylic acids is 1. The number of nitrogens with zero attached hydrogens (tertiary/aromatic N) is 1. The molecule has 4 rings (SSSR count). The van der Waals surface area contributed by atoms with Crippen LogP contribution in [0.5, 0.6) is 5.75 Å². The molecule has 0 bridgehead atoms. The summed E-state index contributed by atoms with van der Waals surface area (Å²) in [6.45, 7) is 3.06. The topological polar surface area (TPSA) is 60.5 Å². The van der Waals surface area contributed by atoms with Crippen LogP contribution in [-0.2, 0) is 16.0 Å². The summed E-state index contributed by atoms with van der Waals surface area (Å²) in [7, 11) is 0. The molecule has 1 aromatic heterocycles. The molecule has 3 aromatic rings. The van der Waals surface area contributed by atoms with Gasteiger partial charge in [-0.15, -0.1) is 0 Å². The number of hydrogen-bond acceptors (Lipinski definition) is 5. The minimum atomic E-state index is -0.594. The van der Waals surface area contributed by atoms with Crippen molar-refractivity contribution in [2.24, 2.45) is 0 Å². The fraction of sp³-hybridized carbons (Fsp3) is 0.263. The highest BCUT2D eigenvalue weighted by Crippen LogP contribution is 2.34. The second kappa shape index (κ2) is 6.82. The first kappa shape index (κ1) is 16.1. The zero-order valence-electron chi connectivity index (χ0n) is 13.8. The monoisotopic (exact) mass is 354 g/mol. The quantitative estimate of drug-likeness (QED) is 0.771. The lowest BCUT2D eigenvalue weighted by molar-refractivity contribution is -0.128. The van der Waals surface area contributed by atoms with Crippen LogP contribution in [0.4, 0.5) is 5.13 Å². The summed E-state index contributed by atoms with van der Waals surface area (Å²) in [5, 5.41) is 3.45. The van der Waals surface area contributed by atoms with Crippen LogP contribution in [0, 0.1) is 0 Å². The van der Waals surface area contributed by atoms with E-state index in [0.717, 1.165) is 33.5 Å². The third-order valence-electron chi connectivity index (χ3n) is 4.14. The SMILES string of the molecule is CCOc1cccc2sc(NC(=O)[C@@H]3OCCc4ccccc43)nc12. The molecular weight excluding hydrogens is 336 g/mol. The van der Waals surface area contributed by atoms with Crippen LogP contribution in [-0.4, -0.2) is 24.1 Å². The Labute approximate surface area is 149 Å². The largest absolute Gasteiger partial charge is 0.492 e. The van der Waals surface area contributed by atoms with E-state index in [1.807, 2.05) is 49.4 Å². The molecule has 0 saturated carbocycles. The van der Waals surface area contributed by atoms with Crippen molar-refractivity contribution in [2.45, 2.75) is 19.4 Å². The number of thiazole rings is 1. The first-order valence-electron chi connectivity index (χ1n) is 8.29. The van der Waals surface area contributed by atoms with Crippen LogP contribution in [0.3, 0.4) is 0 Å². The van der Waals surface area contributed by atoms with Crippen molar-refractivity contribution >= 4 is 32.6 Å². The third kappa shape index (κ3) is 3.10. The molecule has 0 aliphatic carbocycles. The summed E-state index contributed by atoms with van der Waals surface area (Å²) in [5.74, 6) is 0.542. The Morgan fingerprint density at radius 3 is 3.08 bits per heavy atom. The van der Waals surface area contributed by atoms with Gasteiger partial charge in [0.2, 0.25) is 0 Å². The highest BCUT2D eigenvalue weighted by molar-refractivity contribution is 7.22. The third-order valence-corrected chi connectivity index (χ3v) is 5.08. The molecule has 1 atom stereocenters. The normalized spacial score (nSPS) is 16.4. The van der Waals surface area contributed by atoms with E-state index in [4.69, 9.17) is 9.47 Å². The number of fused-ring (bicyclic) bond motifs is 2. The van der Waals surface area contributed by atoms with Crippen molar-refractivity contribution in [1.82, 2.24) is 4.98 Å². The first-order valence-corrected chi connectivity index (χ1v) is 9.10. The Bertz CT molecular complexity index is 922. The Morgan fingerprint density at radius 1 is 1.32 bits per heavy atom. The first-order chi connectivity index (χ1) is 12.3. The molecule has 1 aliphatic heterocycles. The fourth-order valence-electron chi connectivity index (χ4n) is 3.03. The van der Waals surface area contributed by atoms with Gasteiger partial charge in [-0.3, -0.25) is 10.1 Å². The molecule has 1 aliphatic rings. The number of rotatable bonds is 4. The highest BCUT2D eigenvalue weighted by atomic mass is 32.1. The number of anilines is 1. The van der Waals surface area contributed by atoms with E-state index in [0.29, 0.717) is 18.3 Å². The van der Waals surface area contributed by atoms with Gasteiger partial charge in [0.05, 0.1) is 17.9 Å². The molecule has 0 saturated heterocycles. The predicted octanol–water partition coefficient (Wildman–Crippen LogP) is 3.95. The van der Waals surface area contributed by atoms with E-state index in [2.05, 4.69) is 10.3 Å². The van der Waals surface area contributed by atoms with Gasteiger partial charge in [-0.1, -0.05) is 41.7 Å². The van der Waals surface area contributed by atoms with Crippen LogP contribution < -0.4 is 10.1 Å². The summed E-state index contributed by atoms with van der Waals surface area (Å²) in [5.41, 5.74) is 2.87. The maximum Gasteiger partial charge on any atom is 0.259 e. The standard InChI is InChI=1S/C19H18N2O3S/c1-2-23-14-8-5-9-15-16(14)20-19(25-15)21-18(22)17-13-7-4-3-6-12(13)10-11-24-17/h3-9,17H,2,10-11H2,1H3,(H,20,21,22)/t17-/m1/s1. The van der Waals surface area contributed by atoms with E-state index >= 15 is 0 Å². The van der Waals surface area contributed by atoms with Gasteiger partial charge >= 0.3 is 0 Å². The van der Waals surface area contributed by atoms with Gasteiger partial charge in [-0.25, -0.2) is 4.98 Å². The number of amides is 1. The Kier molecular flexibility index (Phi) is 4.38. The molecule has 128 valence electrons. The lowest BCUT2D eigenvalue weighted by atomic mass is 9.97. The molecule has 5 nitrogen and oxygen atoms in total. The minimum Gasteiger partial charge on any atom is -0.492 e. The van der Waals surface area contributed by atoms with Crippen molar-refractivity contribution < 1.29 is 14.3 Å². The van der Waals surface area contributed by atoms with Crippen LogP contribution in [0.2, 0.25) is 0 Å². The van der Waals surface area contributed by atoms with Gasteiger partial charge in [0.15, 0.2) is 11.2 Å². The average molecular weight is 354 g/mol. The van der Waals surface area contributed by atoms with Gasteiger partial charge in [0.1, 0.15) is 11.3 Å². The van der Waals surface area contributed by atoms with Gasteiger partial charge < -0.3 is 9.47 Å². The highest BCUT2D eigenvalue weighted by Gasteiger charge is 2.28. The molecule has 2 aromatic carbocycles. The van der Waals surface area contributed by atoms with Gasteiger partial charge in [-0.05, 0) is 36.6 Å². The number of para-hydroxylation sites is 1. The number of nitrogens with one attached hydrogen (secondary N) is 1. The number of hydrogen-bond donors (Lipinski definition) is 1. The zero-order valence-corrected chi connectivity index (χ0v) is 14.6. The van der Waals surface area contributed by atoms with E-state index < -0.39 is 6.10 Å². The van der Waals surface area contributed by atoms with E-state index in [9.17, 15) is 4.79 Å². The molecule has 25 heavy (non-hydrogen) atoms. The molecular formula is C19H18N2O3S. The molecule has 2 heterocycles. The second-order valence-corrected chi connectivity index (χ2v) is 6.77. The van der Waals surface area contributed by atoms with Crippen molar-refractivity contribution in [1.29, 1.82) is 0 Å². The summed E-state index contributed by atoms with van der Waals surface area (Å²) < 4.78 is 12.3. The zero-order chi connectivity index (χ0) is 17.2. The van der Waals surface area contributed by atoms with Crippen LogP contribution >= 0.6 is 11.3 Å². The van der Waals surface area contributed by atoms with Crippen molar-refractivity contribution in [3.8, 4) is 5.75 Å². The number of ether oxygens (including phenoxy) is 2. The summed E-state index contributed by atoms with van der Waals surface area (Å²) in [6, 6.07) is 13.7. The summed E-state index contributed by atoms with van der Waals surface area (Å²) >= 11 is 1.43. The lowest BCUT2D eigenvalue weighted by Crippen LogP contribution is -2.28. The Balaban J connectivity index is 1.59. The summed E-state index contributed by atoms with van der Waals surface area (Å²) in [6.07, 6.45) is 0.238. The maximum absolute atomic E-state index is 12.7. The maximum atomic E-state index is 12.7. The van der Waals surface area contributed by atoms with Crippen molar-refractivity contribution in [3.05, 3.63) is 53.6 Å². The van der Waals surface area contributed by atoms with E-state index in [1.165, 1.54) is 11.3 Å². The molecule has 6 heteroatoms. The van der Waals surface area contributed by atoms with Crippen LogP contribution in [0.1, 0.15) is 24.2 Å². The van der Waals surface area contributed by atoms with Crippen molar-refractivity contribution in [2.75, 3.05) is 18.5 Å². The van der Waals surface area contributed by atoms with Crippen LogP contribution in [0.25, 0.3) is 10.2 Å². The fourth-order valence-corrected chi connectivity index (χ4v) is 3.92. The predicted molar refractivity (Wildman–Crippen MR) is 98.3 cm³/mol. The van der Waals surface area contributed by atoms with E-state index in [1.54, 1.807) is 0 Å². The van der Waals surface area contributed by atoms with Gasteiger partial charge in [0, 0.05) is 0 Å². The Morgan fingerprint density at radius 2 is 2.20 bits per heavy atom. The van der Waals surface area contributed by atoms with E-state index in [-0.39, 0.29) is 5.91 Å². The molecule has 1 amide bonds. The second-order valence-electron chi connectivity index (χ2n) is 5.74. The van der Waals surface area contributed by atoms with Gasteiger partial charge in [0.25, 0.3) is 5.91 Å². The molecule has 1 N–H and O–H groups in total. The van der Waals surface area contributed by atoms with Crippen molar-refractivity contribution in [3.63, 3.8) is 0 Å². The minimum absolute atomic E-state index is 0.191. The average Bonchev–Trinajstić information content (AvgIpc) is 3.05. The summed E-state index contributed by atoms with van der Waals surface area (Å²) in [4.78, 5) is 17.2. The number of carbonyl (C=O) groups is 1. The lowest BCUT2D eigenvalue weighted by Gasteiger charge is -2.24. The molecule has 0 radical (unpaired) electrons. The molecule has 0 unspecified atom stereocenters. The number of aromatic nitrogens is 1. The molecule has 0 spiro atoms. The molecule has 0 fully saturated rings. The number of benzene rings is 2. The Hall–Kier alpha value is -2.44.